The first kappa shape index (κ1) is 31.9. The molecule has 2 amide bonds. The number of piperidine rings is 2. The molecule has 7 heteroatoms. The van der Waals surface area contributed by atoms with E-state index in [0.717, 1.165) is 63.2 Å². The summed E-state index contributed by atoms with van der Waals surface area (Å²) in [5.41, 5.74) is 6.38. The number of aromatic nitrogens is 1. The van der Waals surface area contributed by atoms with Crippen molar-refractivity contribution in [2.24, 2.45) is 11.8 Å². The van der Waals surface area contributed by atoms with Crippen LogP contribution in [0.1, 0.15) is 83.5 Å². The molecule has 4 heterocycles. The number of benzene rings is 3. The van der Waals surface area contributed by atoms with E-state index in [2.05, 4.69) is 61.3 Å². The smallest absolute Gasteiger partial charge is 0.255 e. The Balaban J connectivity index is 1.13. The molecule has 1 N–H and O–H groups in total. The molecule has 3 aliphatic heterocycles. The fourth-order valence-electron chi connectivity index (χ4n) is 7.92. The topological polar surface area (TPSA) is 74.7 Å². The zero-order chi connectivity index (χ0) is 33.4. The minimum Gasteiger partial charge on any atom is -0.369 e. The van der Waals surface area contributed by atoms with E-state index in [9.17, 15) is 14.4 Å². The van der Waals surface area contributed by atoms with Crippen LogP contribution in [0, 0.1) is 11.8 Å². The Morgan fingerprint density at radius 2 is 1.54 bits per heavy atom. The van der Waals surface area contributed by atoms with Crippen molar-refractivity contribution in [2.45, 2.75) is 64.3 Å². The molecule has 7 rings (SSSR count). The van der Waals surface area contributed by atoms with Crippen LogP contribution in [0.5, 0.6) is 0 Å². The van der Waals surface area contributed by atoms with Gasteiger partial charge in [-0.2, -0.15) is 0 Å². The maximum Gasteiger partial charge on any atom is 0.255 e. The van der Waals surface area contributed by atoms with Crippen LogP contribution in [0.4, 0.5) is 11.4 Å². The molecule has 2 atom stereocenters. The Labute approximate surface area is 283 Å². The first-order chi connectivity index (χ1) is 23.1. The molecule has 2 bridgehead atoms. The lowest BCUT2D eigenvalue weighted by Gasteiger charge is -2.44. The third-order valence-electron chi connectivity index (χ3n) is 10.6. The third kappa shape index (κ3) is 6.69. The number of amides is 2. The van der Waals surface area contributed by atoms with Crippen molar-refractivity contribution in [1.82, 2.24) is 9.47 Å². The van der Waals surface area contributed by atoms with Crippen LogP contribution in [-0.4, -0.2) is 47.5 Å². The molecule has 48 heavy (non-hydrogen) atoms. The second-order valence-corrected chi connectivity index (χ2v) is 15.0. The van der Waals surface area contributed by atoms with Crippen molar-refractivity contribution in [1.29, 1.82) is 0 Å². The number of rotatable bonds is 6. The largest absolute Gasteiger partial charge is 0.369 e. The van der Waals surface area contributed by atoms with Gasteiger partial charge < -0.3 is 19.7 Å². The van der Waals surface area contributed by atoms with Gasteiger partial charge in [0.15, 0.2) is 0 Å². The standard InChI is InChI=1S/C41H46N4O3/c1-41(2,3)34-15-12-31(13-16-34)39(47)42-35-24-32(40(48)43-20-18-29(19-21-43)22-28-8-5-4-6-9-28)14-17-37(35)44-25-30-23-33(27-44)36-10-7-11-38(46)45(36)26-30/h4-17,24,29-30,33H,18-23,25-27H2,1-3H3,(H,42,47)/t30-,33+/m1/s1. The third-order valence-corrected chi connectivity index (χ3v) is 10.6. The summed E-state index contributed by atoms with van der Waals surface area (Å²) in [6.45, 7) is 10.2. The van der Waals surface area contributed by atoms with Gasteiger partial charge in [0.25, 0.3) is 17.4 Å². The lowest BCUT2D eigenvalue weighted by molar-refractivity contribution is 0.0690. The van der Waals surface area contributed by atoms with Crippen molar-refractivity contribution in [3.8, 4) is 0 Å². The molecule has 4 aromatic rings. The van der Waals surface area contributed by atoms with Gasteiger partial charge in [0.05, 0.1) is 11.4 Å². The first-order valence-electron chi connectivity index (χ1n) is 17.5. The Morgan fingerprint density at radius 3 is 2.27 bits per heavy atom. The van der Waals surface area contributed by atoms with Crippen LogP contribution in [-0.2, 0) is 18.4 Å². The number of anilines is 2. The Hall–Kier alpha value is -4.65. The molecule has 2 saturated heterocycles. The molecule has 7 nitrogen and oxygen atoms in total. The van der Waals surface area contributed by atoms with Gasteiger partial charge in [-0.05, 0) is 90.5 Å². The van der Waals surface area contributed by atoms with E-state index in [-0.39, 0.29) is 28.7 Å². The summed E-state index contributed by atoms with van der Waals surface area (Å²) in [4.78, 5) is 44.5. The molecule has 0 saturated carbocycles. The molecule has 0 aliphatic carbocycles. The van der Waals surface area contributed by atoms with E-state index >= 15 is 0 Å². The van der Waals surface area contributed by atoms with Crippen LogP contribution in [0.2, 0.25) is 0 Å². The number of pyridine rings is 1. The average molecular weight is 643 g/mol. The summed E-state index contributed by atoms with van der Waals surface area (Å²) >= 11 is 0. The predicted octanol–water partition coefficient (Wildman–Crippen LogP) is 7.12. The molecule has 3 aromatic carbocycles. The van der Waals surface area contributed by atoms with Crippen molar-refractivity contribution in [3.63, 3.8) is 0 Å². The average Bonchev–Trinajstić information content (AvgIpc) is 3.09. The fraction of sp³-hybridized carbons (Fsp3) is 0.390. The van der Waals surface area contributed by atoms with E-state index in [1.807, 2.05) is 64.1 Å². The lowest BCUT2D eigenvalue weighted by atomic mass is 9.83. The van der Waals surface area contributed by atoms with E-state index in [0.29, 0.717) is 35.2 Å². The van der Waals surface area contributed by atoms with Crippen LogP contribution >= 0.6 is 0 Å². The molecular formula is C41H46N4O3. The summed E-state index contributed by atoms with van der Waals surface area (Å²) in [7, 11) is 0. The van der Waals surface area contributed by atoms with E-state index in [4.69, 9.17) is 0 Å². The number of hydrogen-bond donors (Lipinski definition) is 1. The van der Waals surface area contributed by atoms with Gasteiger partial charge in [0.1, 0.15) is 0 Å². The van der Waals surface area contributed by atoms with Crippen molar-refractivity contribution in [2.75, 3.05) is 36.4 Å². The number of hydrogen-bond acceptors (Lipinski definition) is 4. The highest BCUT2D eigenvalue weighted by Gasteiger charge is 2.36. The van der Waals surface area contributed by atoms with Gasteiger partial charge in [-0.25, -0.2) is 0 Å². The molecule has 0 spiro atoms. The molecule has 2 fully saturated rings. The number of carbonyl (C=O) groups excluding carboxylic acids is 2. The molecule has 1 aromatic heterocycles. The van der Waals surface area contributed by atoms with Crippen molar-refractivity contribution < 1.29 is 9.59 Å². The molecular weight excluding hydrogens is 596 g/mol. The Morgan fingerprint density at radius 1 is 0.812 bits per heavy atom. The molecule has 3 aliphatic rings. The highest BCUT2D eigenvalue weighted by atomic mass is 16.2. The Bertz CT molecular complexity index is 1850. The van der Waals surface area contributed by atoms with Crippen LogP contribution in [0.25, 0.3) is 0 Å². The second-order valence-electron chi connectivity index (χ2n) is 15.0. The maximum absolute atomic E-state index is 13.9. The van der Waals surface area contributed by atoms with Gasteiger partial charge >= 0.3 is 0 Å². The number of fused-ring (bicyclic) bond motifs is 4. The van der Waals surface area contributed by atoms with Crippen molar-refractivity contribution in [3.05, 3.63) is 129 Å². The van der Waals surface area contributed by atoms with Gasteiger partial charge in [0.2, 0.25) is 0 Å². The Kier molecular flexibility index (Phi) is 8.71. The van der Waals surface area contributed by atoms with Crippen LogP contribution < -0.4 is 15.8 Å². The SMILES string of the molecule is CC(C)(C)c1ccc(C(=O)Nc2cc(C(=O)N3CCC(Cc4ccccc4)CC3)ccc2N2C[C@H]3C[C@@H](C2)c2cccc(=O)n2C3)cc1. The second kappa shape index (κ2) is 13.1. The summed E-state index contributed by atoms with van der Waals surface area (Å²) in [6.07, 6.45) is 4.04. The zero-order valence-electron chi connectivity index (χ0n) is 28.3. The normalized spacial score (nSPS) is 19.5. The van der Waals surface area contributed by atoms with E-state index < -0.39 is 0 Å². The van der Waals surface area contributed by atoms with Gasteiger partial charge in [0, 0.05) is 61.5 Å². The monoisotopic (exact) mass is 642 g/mol. The number of likely N-dealkylation sites (tertiary alicyclic amines) is 1. The summed E-state index contributed by atoms with van der Waals surface area (Å²) in [5, 5.41) is 3.20. The van der Waals surface area contributed by atoms with Gasteiger partial charge in [-0.15, -0.1) is 0 Å². The minimum atomic E-state index is -0.197. The summed E-state index contributed by atoms with van der Waals surface area (Å²) < 4.78 is 1.94. The van der Waals surface area contributed by atoms with Crippen LogP contribution in [0.3, 0.4) is 0 Å². The molecule has 0 unspecified atom stereocenters. The summed E-state index contributed by atoms with van der Waals surface area (Å²) in [6, 6.07) is 29.8. The highest BCUT2D eigenvalue weighted by molar-refractivity contribution is 6.07. The van der Waals surface area contributed by atoms with E-state index in [1.165, 1.54) is 11.1 Å². The highest BCUT2D eigenvalue weighted by Crippen LogP contribution is 2.40. The van der Waals surface area contributed by atoms with Crippen molar-refractivity contribution >= 4 is 23.2 Å². The van der Waals surface area contributed by atoms with Gasteiger partial charge in [-0.1, -0.05) is 69.3 Å². The summed E-state index contributed by atoms with van der Waals surface area (Å²) in [5.74, 6) is 0.922. The van der Waals surface area contributed by atoms with Gasteiger partial charge in [-0.3, -0.25) is 14.4 Å². The molecule has 248 valence electrons. The molecule has 0 radical (unpaired) electrons. The predicted molar refractivity (Wildman–Crippen MR) is 192 cm³/mol. The number of nitrogens with zero attached hydrogens (tertiary/aromatic N) is 3. The fourth-order valence-corrected chi connectivity index (χ4v) is 7.92. The lowest BCUT2D eigenvalue weighted by Crippen LogP contribution is -2.47. The number of carbonyl (C=O) groups is 2. The number of nitrogens with one attached hydrogen (secondary N) is 1. The maximum atomic E-state index is 13.9. The zero-order valence-corrected chi connectivity index (χ0v) is 28.3. The quantitative estimate of drug-likeness (QED) is 0.243. The van der Waals surface area contributed by atoms with Crippen LogP contribution in [0.15, 0.2) is 95.8 Å². The minimum absolute atomic E-state index is 0.00792. The first-order valence-corrected chi connectivity index (χ1v) is 17.5. The van der Waals surface area contributed by atoms with E-state index in [1.54, 1.807) is 6.07 Å².